The third-order valence-electron chi connectivity index (χ3n) is 10.9. The van der Waals surface area contributed by atoms with Gasteiger partial charge >= 0.3 is 33.1 Å². The molecular formula is C45H59F2N5O18P2. The average Bonchev–Trinajstić information content (AvgIpc) is 3.69. The number of nitrogens with one attached hydrogen (secondary N) is 3. The largest absolute Gasteiger partial charge is 0.465 e. The molecule has 27 heteroatoms. The van der Waals surface area contributed by atoms with E-state index in [-0.39, 0.29) is 24.7 Å². The van der Waals surface area contributed by atoms with Crippen molar-refractivity contribution in [2.45, 2.75) is 121 Å². The van der Waals surface area contributed by atoms with Gasteiger partial charge in [0.25, 0.3) is 5.56 Å². The van der Waals surface area contributed by atoms with Gasteiger partial charge < -0.3 is 38.2 Å². The number of carbonyl (C=O) groups is 4. The number of alkyl halides is 2. The maximum Gasteiger partial charge on any atom is 0.459 e. The number of hydrogen-bond donors (Lipinski definition) is 5. The number of ketones is 1. The van der Waals surface area contributed by atoms with Crippen molar-refractivity contribution >= 4 is 39.1 Å². The van der Waals surface area contributed by atoms with Gasteiger partial charge in [-0.2, -0.15) is 10.2 Å². The normalized spacial score (nSPS) is 27.4. The SMILES string of the molecule is CCCOC(=O)[C@H](C)N[P@](=O)(OC[C@H]1O[C@@H](N2C=CC(=O)CC2=O)[C@](C)(F)[C@@H]1O)Oc1ccccc1.CCCOC(=O)[C@H](C)N[P@](=O)(OC[C@H]1O[C@@H](n2ccc(=O)[nH]c2=O)[C@](C)(F)[C@@H]1O)Oc1ccccc1. The molecule has 3 aromatic rings. The first kappa shape index (κ1) is 57.4. The molecule has 0 spiro atoms. The van der Waals surface area contributed by atoms with Crippen LogP contribution in [-0.2, 0) is 56.3 Å². The third-order valence-corrected chi connectivity index (χ3v) is 14.2. The number of allylic oxidation sites excluding steroid dienone is 1. The highest BCUT2D eigenvalue weighted by molar-refractivity contribution is 7.52. The van der Waals surface area contributed by atoms with Crippen molar-refractivity contribution in [3.8, 4) is 11.5 Å². The molecule has 1 amide bonds. The number of para-hydroxylation sites is 2. The predicted octanol–water partition coefficient (Wildman–Crippen LogP) is 3.91. The number of halogens is 2. The van der Waals surface area contributed by atoms with Crippen LogP contribution in [-0.4, -0.2) is 129 Å². The number of ether oxygens (including phenoxy) is 4. The Labute approximate surface area is 412 Å². The summed E-state index contributed by atoms with van der Waals surface area (Å²) in [6.07, 6.45) is -5.53. The summed E-state index contributed by atoms with van der Waals surface area (Å²) >= 11 is 0. The smallest absolute Gasteiger partial charge is 0.459 e. The van der Waals surface area contributed by atoms with E-state index in [0.717, 1.165) is 47.9 Å². The Morgan fingerprint density at radius 3 is 1.64 bits per heavy atom. The summed E-state index contributed by atoms with van der Waals surface area (Å²) in [6.45, 7) is 7.60. The number of aliphatic hydroxyl groups is 2. The molecule has 23 nitrogen and oxygen atoms in total. The van der Waals surface area contributed by atoms with Gasteiger partial charge in [-0.3, -0.25) is 47.5 Å². The number of H-pyrrole nitrogens is 1. The van der Waals surface area contributed by atoms with Gasteiger partial charge in [-0.25, -0.2) is 22.7 Å². The van der Waals surface area contributed by atoms with Crippen molar-refractivity contribution in [3.63, 3.8) is 0 Å². The van der Waals surface area contributed by atoms with Crippen molar-refractivity contribution in [2.24, 2.45) is 0 Å². The fourth-order valence-electron chi connectivity index (χ4n) is 7.07. The highest BCUT2D eigenvalue weighted by atomic mass is 31.2. The molecule has 0 saturated carbocycles. The molecule has 0 unspecified atom stereocenters. The van der Waals surface area contributed by atoms with Crippen LogP contribution >= 0.6 is 15.5 Å². The molecule has 12 atom stereocenters. The number of rotatable bonds is 22. The number of esters is 2. The number of amides is 1. The molecule has 3 aliphatic rings. The number of hydrogen-bond acceptors (Lipinski definition) is 18. The van der Waals surface area contributed by atoms with Gasteiger partial charge in [0, 0.05) is 18.5 Å². The number of nitrogens with zero attached hydrogens (tertiary/aromatic N) is 2. The Kier molecular flexibility index (Phi) is 19.9. The molecule has 0 radical (unpaired) electrons. The van der Waals surface area contributed by atoms with Crippen molar-refractivity contribution in [3.05, 3.63) is 106 Å². The van der Waals surface area contributed by atoms with E-state index in [2.05, 4.69) is 10.2 Å². The lowest BCUT2D eigenvalue weighted by Crippen LogP contribution is -2.51. The molecule has 0 bridgehead atoms. The summed E-state index contributed by atoms with van der Waals surface area (Å²) in [4.78, 5) is 74.5. The molecule has 72 heavy (non-hydrogen) atoms. The lowest BCUT2D eigenvalue weighted by Gasteiger charge is -2.32. The molecule has 0 aliphatic carbocycles. The van der Waals surface area contributed by atoms with Gasteiger partial charge in [-0.05, 0) is 70.9 Å². The maximum absolute atomic E-state index is 15.5. The summed E-state index contributed by atoms with van der Waals surface area (Å²) in [5.41, 5.74) is -6.55. The van der Waals surface area contributed by atoms with E-state index < -0.39 is 130 Å². The zero-order chi connectivity index (χ0) is 53.0. The molecule has 2 saturated heterocycles. The van der Waals surface area contributed by atoms with E-state index >= 15 is 8.78 Å². The quantitative estimate of drug-likeness (QED) is 0.0541. The number of aliphatic hydroxyl groups excluding tert-OH is 2. The van der Waals surface area contributed by atoms with Crippen LogP contribution in [0.25, 0.3) is 0 Å². The third kappa shape index (κ3) is 14.8. The van der Waals surface area contributed by atoms with Gasteiger partial charge in [0.2, 0.25) is 5.91 Å². The van der Waals surface area contributed by atoms with Crippen molar-refractivity contribution in [1.29, 1.82) is 0 Å². The monoisotopic (exact) mass is 1060 g/mol. The van der Waals surface area contributed by atoms with E-state index in [1.807, 2.05) is 18.8 Å². The summed E-state index contributed by atoms with van der Waals surface area (Å²) in [7, 11) is -8.57. The zero-order valence-electron chi connectivity index (χ0n) is 40.1. The number of aromatic amines is 1. The minimum absolute atomic E-state index is 0.156. The summed E-state index contributed by atoms with van der Waals surface area (Å²) < 4.78 is 102. The summed E-state index contributed by atoms with van der Waals surface area (Å²) in [5, 5.41) is 26.1. The van der Waals surface area contributed by atoms with Crippen LogP contribution in [0.15, 0.2) is 94.8 Å². The first-order valence-corrected chi connectivity index (χ1v) is 25.8. The van der Waals surface area contributed by atoms with E-state index in [4.69, 9.17) is 37.0 Å². The van der Waals surface area contributed by atoms with Gasteiger partial charge in [0.05, 0.1) is 32.8 Å². The first-order chi connectivity index (χ1) is 33.9. The van der Waals surface area contributed by atoms with E-state index in [1.54, 1.807) is 36.4 Å². The average molecular weight is 1060 g/mol. The molecule has 5 N–H and O–H groups in total. The lowest BCUT2D eigenvalue weighted by molar-refractivity contribution is -0.150. The maximum atomic E-state index is 15.5. The van der Waals surface area contributed by atoms with E-state index in [1.165, 1.54) is 38.1 Å². The van der Waals surface area contributed by atoms with Crippen LogP contribution in [0.5, 0.6) is 11.5 Å². The van der Waals surface area contributed by atoms with Crippen LogP contribution in [0, 0.1) is 0 Å². The second-order valence-corrected chi connectivity index (χ2v) is 20.3. The highest BCUT2D eigenvalue weighted by Crippen LogP contribution is 2.49. The lowest BCUT2D eigenvalue weighted by atomic mass is 9.97. The number of benzene rings is 2. The molecule has 3 aliphatic heterocycles. The molecule has 4 heterocycles. The van der Waals surface area contributed by atoms with Crippen LogP contribution < -0.4 is 30.5 Å². The Balaban J connectivity index is 0.000000267. The second kappa shape index (κ2) is 25.0. The van der Waals surface area contributed by atoms with Crippen LogP contribution in [0.2, 0.25) is 0 Å². The highest BCUT2D eigenvalue weighted by Gasteiger charge is 2.58. The molecule has 2 fully saturated rings. The topological polar surface area (TPSA) is 299 Å². The van der Waals surface area contributed by atoms with Crippen LogP contribution in [0.3, 0.4) is 0 Å². The fraction of sp³-hybridized carbons (Fsp3) is 0.511. The van der Waals surface area contributed by atoms with Crippen molar-refractivity contribution < 1.29 is 84.3 Å². The standard InChI is InChI=1S/C23H30FN2O9P.C22H29FN3O9P/c1-4-12-32-21(30)15(2)25-36(31,35-17-8-6-5-7-9-17)33-14-18-20(29)23(3,24)22(34-18)26-11-10-16(27)13-19(26)28;1-4-12-32-19(29)14(2)25-36(31,35-15-8-6-5-7-9-15)33-13-16-18(28)22(3,23)20(34-16)26-11-10-17(27)24-21(26)30/h5-11,15,18,20,22,29H,4,12-14H2,1-3H3,(H,25,31);5-11,14,16,18,20,28H,4,12-13H2,1-3H3,(H,25,31)(H,24,27,30)/t15-,18+,20+,22+,23+,36-;14-,16+,18+,20+,22+,36-/m00/s1. The summed E-state index contributed by atoms with van der Waals surface area (Å²) in [5.74, 6) is -2.18. The number of aromatic nitrogens is 2. The van der Waals surface area contributed by atoms with Gasteiger partial charge in [0.15, 0.2) is 29.6 Å². The Hall–Kier alpha value is -5.46. The van der Waals surface area contributed by atoms with Gasteiger partial charge in [0.1, 0.15) is 48.0 Å². The minimum Gasteiger partial charge on any atom is -0.465 e. The molecule has 2 aromatic carbocycles. The van der Waals surface area contributed by atoms with Crippen molar-refractivity contribution in [1.82, 2.24) is 24.6 Å². The van der Waals surface area contributed by atoms with Crippen molar-refractivity contribution in [2.75, 3.05) is 26.4 Å². The fourth-order valence-corrected chi connectivity index (χ4v) is 10.1. The zero-order valence-corrected chi connectivity index (χ0v) is 41.9. The molecule has 396 valence electrons. The van der Waals surface area contributed by atoms with E-state index in [0.29, 0.717) is 12.8 Å². The molecular weight excluding hydrogens is 998 g/mol. The van der Waals surface area contributed by atoms with E-state index in [9.17, 15) is 48.1 Å². The summed E-state index contributed by atoms with van der Waals surface area (Å²) in [6, 6.07) is 14.8. The first-order valence-electron chi connectivity index (χ1n) is 22.7. The molecule has 1 aromatic heterocycles. The van der Waals surface area contributed by atoms with Crippen LogP contribution in [0.4, 0.5) is 8.78 Å². The van der Waals surface area contributed by atoms with Gasteiger partial charge in [-0.15, -0.1) is 0 Å². The molecule has 6 rings (SSSR count). The van der Waals surface area contributed by atoms with Crippen LogP contribution in [0.1, 0.15) is 67.0 Å². The van der Waals surface area contributed by atoms with Gasteiger partial charge in [-0.1, -0.05) is 50.2 Å². The predicted molar refractivity (Wildman–Crippen MR) is 249 cm³/mol. The minimum atomic E-state index is -4.29. The Morgan fingerprint density at radius 1 is 0.764 bits per heavy atom. The Bertz CT molecular complexity index is 2590. The number of carbonyl (C=O) groups excluding carboxylic acids is 4. The Morgan fingerprint density at radius 2 is 1.21 bits per heavy atom. The second-order valence-electron chi connectivity index (χ2n) is 17.0.